The van der Waals surface area contributed by atoms with Crippen molar-refractivity contribution in [2.24, 2.45) is 0 Å². The van der Waals surface area contributed by atoms with Gasteiger partial charge < -0.3 is 40.1 Å². The summed E-state index contributed by atoms with van der Waals surface area (Å²) in [7, 11) is 0. The molecule has 1 amide bonds. The van der Waals surface area contributed by atoms with Crippen LogP contribution in [0.2, 0.25) is 0 Å². The number of anilines is 1. The Kier molecular flexibility index (Phi) is 9.67. The van der Waals surface area contributed by atoms with E-state index >= 15 is 0 Å². The number of aromatic hydroxyl groups is 1. The van der Waals surface area contributed by atoms with Crippen LogP contribution >= 0.6 is 0 Å². The molecule has 0 aliphatic carbocycles. The number of rotatable bonds is 10. The van der Waals surface area contributed by atoms with Crippen LogP contribution in [0, 0.1) is 5.82 Å². The Labute approximate surface area is 270 Å². The number of aliphatic hydroxyl groups is 5. The number of nitrogens with zero attached hydrogens (tertiary/aromatic N) is 1. The molecule has 11 heteroatoms. The zero-order valence-corrected chi connectivity index (χ0v) is 25.2. The molecule has 0 radical (unpaired) electrons. The van der Waals surface area contributed by atoms with Crippen molar-refractivity contribution < 1.29 is 49.3 Å². The Bertz CT molecular complexity index is 1670. The highest BCUT2D eigenvalue weighted by atomic mass is 19.1. The fourth-order valence-electron chi connectivity index (χ4n) is 6.18. The summed E-state index contributed by atoms with van der Waals surface area (Å²) in [4.78, 5) is 14.9. The third kappa shape index (κ3) is 6.52. The standard InChI is InChI=1S/C36H36FNO9/c37-24-13-10-21(11-14-24)27(40)16-17-46-35-30(38(36(35)45)25-4-2-1-3-5-25)26-15-12-23(18-28(26)41)20-6-8-22(9-7-20)34-33(44)32(43)31(42)29(19-39)47-34/h1-15,18,27,29-35,39-44H,16-17,19H2. The van der Waals surface area contributed by atoms with Crippen molar-refractivity contribution in [3.8, 4) is 16.9 Å². The van der Waals surface area contributed by atoms with E-state index in [-0.39, 0.29) is 24.7 Å². The van der Waals surface area contributed by atoms with Crippen molar-refractivity contribution in [2.45, 2.75) is 55.2 Å². The summed E-state index contributed by atoms with van der Waals surface area (Å²) in [5.41, 5.74) is 3.57. The van der Waals surface area contributed by atoms with E-state index in [4.69, 9.17) is 9.47 Å². The molecule has 4 aromatic carbocycles. The first-order chi connectivity index (χ1) is 22.7. The van der Waals surface area contributed by atoms with Crippen LogP contribution in [0.3, 0.4) is 0 Å². The molecule has 8 unspecified atom stereocenters. The van der Waals surface area contributed by atoms with Gasteiger partial charge in [0.15, 0.2) is 6.10 Å². The summed E-state index contributed by atoms with van der Waals surface area (Å²) in [5.74, 6) is -0.749. The van der Waals surface area contributed by atoms with Gasteiger partial charge in [-0.1, -0.05) is 66.7 Å². The lowest BCUT2D eigenvalue weighted by Gasteiger charge is -2.47. The van der Waals surface area contributed by atoms with Gasteiger partial charge in [-0.3, -0.25) is 9.69 Å². The third-order valence-electron chi connectivity index (χ3n) is 8.84. The number of aliphatic hydroxyl groups excluding tert-OH is 5. The predicted molar refractivity (Wildman–Crippen MR) is 169 cm³/mol. The summed E-state index contributed by atoms with van der Waals surface area (Å²) < 4.78 is 24.9. The molecule has 6 N–H and O–H groups in total. The minimum absolute atomic E-state index is 0.0493. The summed E-state index contributed by atoms with van der Waals surface area (Å²) in [6.45, 7) is -0.475. The largest absolute Gasteiger partial charge is 0.508 e. The molecule has 47 heavy (non-hydrogen) atoms. The second-order valence-corrected chi connectivity index (χ2v) is 11.8. The van der Waals surface area contributed by atoms with Crippen LogP contribution in [0.4, 0.5) is 10.1 Å². The molecule has 0 spiro atoms. The molecule has 0 aromatic heterocycles. The number of hydrogen-bond donors (Lipinski definition) is 6. The van der Waals surface area contributed by atoms with Crippen LogP contribution in [0.5, 0.6) is 5.75 Å². The highest BCUT2D eigenvalue weighted by Crippen LogP contribution is 2.45. The monoisotopic (exact) mass is 645 g/mol. The van der Waals surface area contributed by atoms with E-state index in [2.05, 4.69) is 0 Å². The first kappa shape index (κ1) is 32.7. The molecule has 4 aromatic rings. The van der Waals surface area contributed by atoms with Crippen LogP contribution in [0.25, 0.3) is 11.1 Å². The maximum absolute atomic E-state index is 13.3. The van der Waals surface area contributed by atoms with Crippen molar-refractivity contribution >= 4 is 11.6 Å². The van der Waals surface area contributed by atoms with Crippen molar-refractivity contribution in [2.75, 3.05) is 18.1 Å². The lowest BCUT2D eigenvalue weighted by molar-refractivity contribution is -0.231. The fourth-order valence-corrected chi connectivity index (χ4v) is 6.18. The molecule has 10 nitrogen and oxygen atoms in total. The van der Waals surface area contributed by atoms with E-state index in [1.165, 1.54) is 24.3 Å². The third-order valence-corrected chi connectivity index (χ3v) is 8.84. The van der Waals surface area contributed by atoms with E-state index in [1.54, 1.807) is 59.5 Å². The molecule has 6 rings (SSSR count). The second-order valence-electron chi connectivity index (χ2n) is 11.8. The Morgan fingerprint density at radius 1 is 0.851 bits per heavy atom. The summed E-state index contributed by atoms with van der Waals surface area (Å²) in [6.07, 6.45) is -7.98. The minimum atomic E-state index is -1.49. The molecule has 2 fully saturated rings. The number of benzene rings is 4. The molecule has 2 saturated heterocycles. The van der Waals surface area contributed by atoms with Crippen LogP contribution in [-0.4, -0.2) is 80.3 Å². The molecule has 2 heterocycles. The zero-order valence-electron chi connectivity index (χ0n) is 25.2. The van der Waals surface area contributed by atoms with Crippen molar-refractivity contribution in [3.63, 3.8) is 0 Å². The van der Waals surface area contributed by atoms with Crippen LogP contribution in [0.1, 0.15) is 41.4 Å². The van der Waals surface area contributed by atoms with E-state index < -0.39 is 61.2 Å². The molecule has 0 saturated carbocycles. The first-order valence-corrected chi connectivity index (χ1v) is 15.3. The number of β-lactam (4-membered cyclic amide) rings is 1. The van der Waals surface area contributed by atoms with Gasteiger partial charge in [0, 0.05) is 17.7 Å². The SMILES string of the molecule is O=C1C(OCCC(O)c2ccc(F)cc2)C(c2ccc(-c3ccc(C4OC(CO)C(O)C(O)C4O)cc3)cc2O)N1c1ccccc1. The Balaban J connectivity index is 1.20. The van der Waals surface area contributed by atoms with Gasteiger partial charge >= 0.3 is 0 Å². The summed E-state index contributed by atoms with van der Waals surface area (Å²) in [5, 5.41) is 62.0. The molecule has 8 atom stereocenters. The van der Waals surface area contributed by atoms with Gasteiger partial charge in [0.1, 0.15) is 48.1 Å². The van der Waals surface area contributed by atoms with Crippen molar-refractivity contribution in [1.29, 1.82) is 0 Å². The van der Waals surface area contributed by atoms with E-state index in [1.807, 2.05) is 18.2 Å². The average molecular weight is 646 g/mol. The minimum Gasteiger partial charge on any atom is -0.508 e. The van der Waals surface area contributed by atoms with E-state index in [0.29, 0.717) is 27.9 Å². The van der Waals surface area contributed by atoms with Gasteiger partial charge in [0.2, 0.25) is 0 Å². The van der Waals surface area contributed by atoms with E-state index in [0.717, 1.165) is 5.56 Å². The molecule has 0 bridgehead atoms. The number of phenols is 1. The van der Waals surface area contributed by atoms with Gasteiger partial charge in [-0.15, -0.1) is 0 Å². The predicted octanol–water partition coefficient (Wildman–Crippen LogP) is 3.31. The normalized spacial score (nSPS) is 26.6. The number of hydrogen-bond acceptors (Lipinski definition) is 9. The summed E-state index contributed by atoms with van der Waals surface area (Å²) >= 11 is 0. The number of carbonyl (C=O) groups is 1. The molecular formula is C36H36FNO9. The Hall–Kier alpha value is -4.20. The van der Waals surface area contributed by atoms with Gasteiger partial charge in [-0.05, 0) is 52.6 Å². The van der Waals surface area contributed by atoms with Crippen LogP contribution in [-0.2, 0) is 14.3 Å². The smallest absolute Gasteiger partial charge is 0.259 e. The molecule has 2 aliphatic rings. The highest BCUT2D eigenvalue weighted by molar-refractivity contribution is 6.05. The van der Waals surface area contributed by atoms with Crippen LogP contribution < -0.4 is 4.90 Å². The number of carbonyl (C=O) groups excluding carboxylic acids is 1. The number of phenolic OH excluding ortho intramolecular Hbond substituents is 1. The van der Waals surface area contributed by atoms with Gasteiger partial charge in [0.25, 0.3) is 5.91 Å². The van der Waals surface area contributed by atoms with Crippen molar-refractivity contribution in [1.82, 2.24) is 0 Å². The van der Waals surface area contributed by atoms with Gasteiger partial charge in [-0.2, -0.15) is 0 Å². The topological polar surface area (TPSA) is 160 Å². The van der Waals surface area contributed by atoms with Gasteiger partial charge in [0.05, 0.1) is 19.3 Å². The average Bonchev–Trinajstić information content (AvgIpc) is 3.09. The molecular weight excluding hydrogens is 609 g/mol. The van der Waals surface area contributed by atoms with Crippen LogP contribution in [0.15, 0.2) is 97.1 Å². The van der Waals surface area contributed by atoms with Gasteiger partial charge in [-0.25, -0.2) is 4.39 Å². The quantitative estimate of drug-likeness (QED) is 0.142. The second kappa shape index (κ2) is 13.9. The van der Waals surface area contributed by atoms with Crippen molar-refractivity contribution in [3.05, 3.63) is 120 Å². The molecule has 2 aliphatic heterocycles. The maximum Gasteiger partial charge on any atom is 0.259 e. The highest BCUT2D eigenvalue weighted by Gasteiger charge is 2.51. The lowest BCUT2D eigenvalue weighted by Crippen LogP contribution is -2.60. The Morgan fingerprint density at radius 2 is 1.53 bits per heavy atom. The fraction of sp³-hybridized carbons (Fsp3) is 0.306. The van der Waals surface area contributed by atoms with E-state index in [9.17, 15) is 39.8 Å². The lowest BCUT2D eigenvalue weighted by atomic mass is 9.87. The number of halogens is 1. The Morgan fingerprint density at radius 3 is 2.19 bits per heavy atom. The number of ether oxygens (including phenoxy) is 2. The molecule has 246 valence electrons. The number of para-hydroxylation sites is 1. The maximum atomic E-state index is 13.3. The number of amides is 1. The first-order valence-electron chi connectivity index (χ1n) is 15.3. The summed E-state index contributed by atoms with van der Waals surface area (Å²) in [6, 6.07) is 25.9. The zero-order chi connectivity index (χ0) is 33.2.